The van der Waals surface area contributed by atoms with Crippen molar-refractivity contribution in [3.8, 4) is 5.75 Å². The first kappa shape index (κ1) is 24.2. The second kappa shape index (κ2) is 10.6. The average Bonchev–Trinajstić information content (AvgIpc) is 3.71. The van der Waals surface area contributed by atoms with Gasteiger partial charge in [-0.2, -0.15) is 0 Å². The number of nitrogens with one attached hydrogen (secondary N) is 1. The maximum atomic E-state index is 14.1. The molecule has 5 rings (SSSR count). The van der Waals surface area contributed by atoms with Crippen LogP contribution in [0.25, 0.3) is 0 Å². The highest BCUT2D eigenvalue weighted by Gasteiger charge is 2.41. The van der Waals surface area contributed by atoms with Gasteiger partial charge in [0.05, 0.1) is 17.4 Å². The monoisotopic (exact) mass is 495 g/mol. The molecule has 7 nitrogen and oxygen atoms in total. The number of phenols is 1. The molecule has 2 fully saturated rings. The maximum Gasteiger partial charge on any atom is 0.237 e. The van der Waals surface area contributed by atoms with Crippen LogP contribution < -0.4 is 15.1 Å². The van der Waals surface area contributed by atoms with Crippen LogP contribution in [0.2, 0.25) is 0 Å². The smallest absolute Gasteiger partial charge is 0.237 e. The highest BCUT2D eigenvalue weighted by atomic mass is 32.2. The van der Waals surface area contributed by atoms with E-state index in [-0.39, 0.29) is 35.4 Å². The van der Waals surface area contributed by atoms with Crippen molar-refractivity contribution < 1.29 is 19.4 Å². The zero-order valence-electron chi connectivity index (χ0n) is 20.1. The highest BCUT2D eigenvalue weighted by Crippen LogP contribution is 2.42. The van der Waals surface area contributed by atoms with E-state index in [9.17, 15) is 14.7 Å². The first-order valence-electron chi connectivity index (χ1n) is 12.5. The van der Waals surface area contributed by atoms with Gasteiger partial charge in [0.15, 0.2) is 0 Å². The van der Waals surface area contributed by atoms with E-state index >= 15 is 0 Å². The number of nitrogens with zero attached hydrogens (tertiary/aromatic N) is 2. The van der Waals surface area contributed by atoms with Crippen molar-refractivity contribution in [1.29, 1.82) is 0 Å². The molecule has 0 radical (unpaired) electrons. The van der Waals surface area contributed by atoms with Gasteiger partial charge in [-0.15, -0.1) is 11.8 Å². The van der Waals surface area contributed by atoms with Crippen LogP contribution in [0, 0.1) is 5.92 Å². The van der Waals surface area contributed by atoms with Crippen LogP contribution in [0.3, 0.4) is 0 Å². The van der Waals surface area contributed by atoms with Gasteiger partial charge in [-0.3, -0.25) is 9.59 Å². The van der Waals surface area contributed by atoms with Crippen molar-refractivity contribution in [2.75, 3.05) is 48.9 Å². The quantitative estimate of drug-likeness (QED) is 0.543. The minimum absolute atomic E-state index is 0.0532. The number of piperidine rings is 1. The molecule has 2 aromatic carbocycles. The number of fused-ring (bicyclic) bond motifs is 1. The van der Waals surface area contributed by atoms with E-state index in [0.29, 0.717) is 25.4 Å². The summed E-state index contributed by atoms with van der Waals surface area (Å²) in [5, 5.41) is 13.4. The summed E-state index contributed by atoms with van der Waals surface area (Å²) in [5.41, 5.74) is 2.77. The van der Waals surface area contributed by atoms with E-state index in [2.05, 4.69) is 11.4 Å². The number of rotatable bonds is 8. The summed E-state index contributed by atoms with van der Waals surface area (Å²) in [6.45, 7) is 2.67. The van der Waals surface area contributed by atoms with Crippen LogP contribution in [0.4, 0.5) is 11.4 Å². The number of methoxy groups -OCH3 is 1. The molecule has 0 spiro atoms. The van der Waals surface area contributed by atoms with Crippen LogP contribution in [0.15, 0.2) is 47.4 Å². The lowest BCUT2D eigenvalue weighted by Crippen LogP contribution is -2.47. The van der Waals surface area contributed by atoms with Crippen molar-refractivity contribution in [3.63, 3.8) is 0 Å². The number of anilines is 2. The number of amides is 2. The molecular formula is C27H33N3O4S. The molecule has 1 saturated carbocycles. The summed E-state index contributed by atoms with van der Waals surface area (Å²) in [5.74, 6) is 0.725. The lowest BCUT2D eigenvalue weighted by Gasteiger charge is -2.36. The Labute approximate surface area is 210 Å². The molecule has 186 valence electrons. The molecule has 0 bridgehead atoms. The van der Waals surface area contributed by atoms with E-state index < -0.39 is 0 Å². The molecule has 2 aliphatic heterocycles. The third-order valence-corrected chi connectivity index (χ3v) is 8.19. The number of aromatic hydroxyl groups is 1. The fraction of sp³-hybridized carbons (Fsp3) is 0.481. The van der Waals surface area contributed by atoms with Crippen LogP contribution in [0.1, 0.15) is 37.2 Å². The SMILES string of the molecule is COCCCN1C(=O)CSc2ccc(N(C(=O)[C@H]3CNCC[C@@H]3c3cccc(O)c3)C3CC3)cc21. The lowest BCUT2D eigenvalue weighted by atomic mass is 9.80. The lowest BCUT2D eigenvalue weighted by molar-refractivity contribution is -0.123. The molecule has 2 N–H and O–H groups in total. The van der Waals surface area contributed by atoms with E-state index in [4.69, 9.17) is 4.74 Å². The molecule has 35 heavy (non-hydrogen) atoms. The molecule has 3 aliphatic rings. The molecule has 2 atom stereocenters. The van der Waals surface area contributed by atoms with Gasteiger partial charge in [0.2, 0.25) is 11.8 Å². The third-order valence-electron chi connectivity index (χ3n) is 7.14. The maximum absolute atomic E-state index is 14.1. The van der Waals surface area contributed by atoms with Crippen molar-refractivity contribution in [2.45, 2.75) is 42.5 Å². The summed E-state index contributed by atoms with van der Waals surface area (Å²) in [6, 6.07) is 13.6. The Hall–Kier alpha value is -2.55. The van der Waals surface area contributed by atoms with Crippen molar-refractivity contribution in [2.24, 2.45) is 5.92 Å². The van der Waals surface area contributed by atoms with Gasteiger partial charge < -0.3 is 25.0 Å². The molecule has 8 heteroatoms. The summed E-state index contributed by atoms with van der Waals surface area (Å²) in [6.07, 6.45) is 3.60. The normalized spacial score (nSPS) is 22.1. The fourth-order valence-corrected chi connectivity index (χ4v) is 6.17. The summed E-state index contributed by atoms with van der Waals surface area (Å²) in [7, 11) is 1.67. The second-order valence-electron chi connectivity index (χ2n) is 9.57. The summed E-state index contributed by atoms with van der Waals surface area (Å²) >= 11 is 1.56. The average molecular weight is 496 g/mol. The largest absolute Gasteiger partial charge is 0.508 e. The van der Waals surface area contributed by atoms with Crippen LogP contribution in [-0.2, 0) is 14.3 Å². The molecule has 1 saturated heterocycles. The molecule has 0 unspecified atom stereocenters. The molecule has 0 aromatic heterocycles. The minimum Gasteiger partial charge on any atom is -0.508 e. The van der Waals surface area contributed by atoms with Crippen molar-refractivity contribution >= 4 is 35.0 Å². The van der Waals surface area contributed by atoms with Gasteiger partial charge in [-0.1, -0.05) is 12.1 Å². The first-order chi connectivity index (χ1) is 17.1. The number of phenolic OH excluding ortho intramolecular Hbond substituents is 1. The zero-order chi connectivity index (χ0) is 24.4. The number of ether oxygens (including phenoxy) is 1. The second-order valence-corrected chi connectivity index (χ2v) is 10.6. The Balaban J connectivity index is 1.45. The molecule has 2 heterocycles. The third kappa shape index (κ3) is 5.20. The zero-order valence-corrected chi connectivity index (χ0v) is 20.9. The number of hydrogen-bond acceptors (Lipinski definition) is 6. The predicted molar refractivity (Wildman–Crippen MR) is 138 cm³/mol. The standard InChI is InChI=1S/C27H33N3O4S/c1-34-13-3-12-29-24-15-20(8-9-25(24)35-17-26(29)32)30(19-6-7-19)27(33)23-16-28-11-10-22(23)18-4-2-5-21(31)14-18/h2,4-5,8-9,14-15,19,22-23,28,31H,3,6-7,10-13,16-17H2,1H3/t22-,23+/m1/s1. The molecular weight excluding hydrogens is 462 g/mol. The van der Waals surface area contributed by atoms with Crippen LogP contribution >= 0.6 is 11.8 Å². The summed E-state index contributed by atoms with van der Waals surface area (Å²) < 4.78 is 5.19. The number of benzene rings is 2. The van der Waals surface area contributed by atoms with E-state index in [1.54, 1.807) is 31.0 Å². The van der Waals surface area contributed by atoms with Gasteiger partial charge in [-0.05, 0) is 74.0 Å². The first-order valence-corrected chi connectivity index (χ1v) is 13.4. The van der Waals surface area contributed by atoms with Gasteiger partial charge in [-0.25, -0.2) is 0 Å². The number of thioether (sulfide) groups is 1. The topological polar surface area (TPSA) is 82.1 Å². The van der Waals surface area contributed by atoms with Gasteiger partial charge in [0.1, 0.15) is 5.75 Å². The predicted octanol–water partition coefficient (Wildman–Crippen LogP) is 3.76. The Morgan fingerprint density at radius 1 is 1.23 bits per heavy atom. The fourth-order valence-electron chi connectivity index (χ4n) is 5.25. The van der Waals surface area contributed by atoms with Crippen LogP contribution in [0.5, 0.6) is 5.75 Å². The number of carbonyl (C=O) groups excluding carboxylic acids is 2. The highest BCUT2D eigenvalue weighted by molar-refractivity contribution is 8.00. The van der Waals surface area contributed by atoms with Gasteiger partial charge in [0, 0.05) is 43.4 Å². The minimum atomic E-state index is -0.212. The van der Waals surface area contributed by atoms with Gasteiger partial charge >= 0.3 is 0 Å². The van der Waals surface area contributed by atoms with E-state index in [1.807, 2.05) is 34.1 Å². The van der Waals surface area contributed by atoms with E-state index in [1.165, 1.54) is 0 Å². The van der Waals surface area contributed by atoms with Crippen molar-refractivity contribution in [3.05, 3.63) is 48.0 Å². The van der Waals surface area contributed by atoms with Crippen molar-refractivity contribution in [1.82, 2.24) is 5.32 Å². The molecule has 1 aliphatic carbocycles. The Morgan fingerprint density at radius 2 is 2.09 bits per heavy atom. The number of hydrogen-bond donors (Lipinski definition) is 2. The van der Waals surface area contributed by atoms with E-state index in [0.717, 1.165) is 54.1 Å². The molecule has 2 aromatic rings. The van der Waals surface area contributed by atoms with Gasteiger partial charge in [0.25, 0.3) is 0 Å². The Kier molecular flexibility index (Phi) is 7.32. The Bertz CT molecular complexity index is 1090. The molecule has 2 amide bonds. The van der Waals surface area contributed by atoms with Crippen LogP contribution in [-0.4, -0.2) is 62.1 Å². The summed E-state index contributed by atoms with van der Waals surface area (Å²) in [4.78, 5) is 31.7. The Morgan fingerprint density at radius 3 is 2.86 bits per heavy atom. The number of carbonyl (C=O) groups is 2.